The molecule has 164 valence electrons. The van der Waals surface area contributed by atoms with Crippen molar-refractivity contribution in [2.24, 2.45) is 5.92 Å². The Balaban J connectivity index is 1.54. The standard InChI is InChI=1S/C24H25N5O2S/c1-4-19(30)16-11-25-21(28-24(31)14-8-9-14)10-18(16)27-17-7-5-6-15-22-20(32-13(2)26-22)12-29(3)23(15)17/h5-7,10-11,14H,4,8-9,12H2,1-3H3,(H2,25,27,28,31)/i1D3. The Hall–Kier alpha value is -3.26. The fourth-order valence-electron chi connectivity index (χ4n) is 3.99. The third-order valence-electron chi connectivity index (χ3n) is 5.69. The Morgan fingerprint density at radius 2 is 2.16 bits per heavy atom. The fraction of sp³-hybridized carbons (Fsp3) is 0.333. The fourth-order valence-corrected chi connectivity index (χ4v) is 5.00. The molecule has 32 heavy (non-hydrogen) atoms. The average Bonchev–Trinajstić information content (AvgIpc) is 3.55. The molecule has 0 bridgehead atoms. The Morgan fingerprint density at radius 3 is 2.94 bits per heavy atom. The Kier molecular flexibility index (Phi) is 4.34. The van der Waals surface area contributed by atoms with Crippen LogP contribution in [0.1, 0.15) is 50.5 Å². The Labute approximate surface area is 195 Å². The first-order valence-corrected chi connectivity index (χ1v) is 11.3. The van der Waals surface area contributed by atoms with Gasteiger partial charge in [-0.05, 0) is 25.8 Å². The number of rotatable bonds is 6. The van der Waals surface area contributed by atoms with Gasteiger partial charge in [0, 0.05) is 41.3 Å². The number of nitrogens with one attached hydrogen (secondary N) is 2. The van der Waals surface area contributed by atoms with Crippen molar-refractivity contribution in [2.75, 3.05) is 22.6 Å². The lowest BCUT2D eigenvalue weighted by Gasteiger charge is -2.29. The largest absolute Gasteiger partial charge is 0.367 e. The van der Waals surface area contributed by atoms with Crippen LogP contribution in [0.4, 0.5) is 22.9 Å². The molecule has 0 unspecified atom stereocenters. The molecular weight excluding hydrogens is 422 g/mol. The molecule has 0 radical (unpaired) electrons. The summed E-state index contributed by atoms with van der Waals surface area (Å²) in [5, 5.41) is 7.13. The normalized spacial score (nSPS) is 16.3. The number of aryl methyl sites for hydroxylation is 1. The van der Waals surface area contributed by atoms with Gasteiger partial charge in [0.2, 0.25) is 5.91 Å². The number of carbonyl (C=O) groups is 2. The summed E-state index contributed by atoms with van der Waals surface area (Å²) in [7, 11) is 2.00. The topological polar surface area (TPSA) is 87.2 Å². The van der Waals surface area contributed by atoms with Crippen molar-refractivity contribution in [2.45, 2.75) is 39.6 Å². The maximum atomic E-state index is 12.9. The predicted octanol–water partition coefficient (Wildman–Crippen LogP) is 5.15. The van der Waals surface area contributed by atoms with Crippen molar-refractivity contribution in [3.8, 4) is 11.3 Å². The van der Waals surface area contributed by atoms with Gasteiger partial charge in [0.15, 0.2) is 5.78 Å². The lowest BCUT2D eigenvalue weighted by atomic mass is 10.0. The van der Waals surface area contributed by atoms with Gasteiger partial charge in [-0.2, -0.15) is 0 Å². The van der Waals surface area contributed by atoms with Gasteiger partial charge in [-0.1, -0.05) is 19.0 Å². The minimum Gasteiger partial charge on any atom is -0.367 e. The van der Waals surface area contributed by atoms with Crippen molar-refractivity contribution < 1.29 is 13.7 Å². The van der Waals surface area contributed by atoms with Crippen molar-refractivity contribution in [1.82, 2.24) is 9.97 Å². The summed E-state index contributed by atoms with van der Waals surface area (Å²) in [4.78, 5) is 37.4. The molecule has 3 aromatic rings. The summed E-state index contributed by atoms with van der Waals surface area (Å²) >= 11 is 1.67. The van der Waals surface area contributed by atoms with E-state index in [2.05, 4.69) is 20.5 Å². The highest BCUT2D eigenvalue weighted by atomic mass is 32.1. The first-order chi connectivity index (χ1) is 16.6. The van der Waals surface area contributed by atoms with E-state index in [0.29, 0.717) is 18.1 Å². The number of nitrogens with zero attached hydrogens (tertiary/aromatic N) is 3. The molecular formula is C24H25N5O2S. The van der Waals surface area contributed by atoms with E-state index in [0.717, 1.165) is 40.5 Å². The number of benzene rings is 1. The van der Waals surface area contributed by atoms with Gasteiger partial charge in [0.05, 0.1) is 44.7 Å². The van der Waals surface area contributed by atoms with Crippen LogP contribution >= 0.6 is 11.3 Å². The number of ketones is 1. The smallest absolute Gasteiger partial charge is 0.228 e. The molecule has 2 aromatic heterocycles. The highest BCUT2D eigenvalue weighted by Gasteiger charge is 2.30. The van der Waals surface area contributed by atoms with E-state index in [9.17, 15) is 9.59 Å². The average molecular weight is 451 g/mol. The zero-order valence-electron chi connectivity index (χ0n) is 20.9. The molecule has 8 heteroatoms. The van der Waals surface area contributed by atoms with Crippen molar-refractivity contribution in [3.63, 3.8) is 0 Å². The lowest BCUT2D eigenvalue weighted by molar-refractivity contribution is -0.117. The molecule has 5 rings (SSSR count). The minimum absolute atomic E-state index is 0.00404. The van der Waals surface area contributed by atoms with Crippen LogP contribution in [0.5, 0.6) is 0 Å². The second-order valence-corrected chi connectivity index (χ2v) is 9.45. The van der Waals surface area contributed by atoms with E-state index in [1.165, 1.54) is 11.1 Å². The maximum absolute atomic E-state index is 12.9. The maximum Gasteiger partial charge on any atom is 0.228 e. The molecule has 1 amide bonds. The molecule has 7 nitrogen and oxygen atoms in total. The van der Waals surface area contributed by atoms with E-state index in [4.69, 9.17) is 9.10 Å². The molecule has 2 N–H and O–H groups in total. The number of pyridine rings is 1. The van der Waals surface area contributed by atoms with Gasteiger partial charge in [0.1, 0.15) is 5.82 Å². The summed E-state index contributed by atoms with van der Waals surface area (Å²) in [6, 6.07) is 7.43. The number of hydrogen-bond donors (Lipinski definition) is 2. The van der Waals surface area contributed by atoms with Crippen LogP contribution in [0, 0.1) is 12.8 Å². The van der Waals surface area contributed by atoms with Crippen LogP contribution in [0.15, 0.2) is 30.5 Å². The van der Waals surface area contributed by atoms with Gasteiger partial charge in [-0.15, -0.1) is 11.3 Å². The van der Waals surface area contributed by atoms with Crippen LogP contribution in [0.2, 0.25) is 0 Å². The van der Waals surface area contributed by atoms with Crippen molar-refractivity contribution in [3.05, 3.63) is 45.9 Å². The Morgan fingerprint density at radius 1 is 1.31 bits per heavy atom. The summed E-state index contributed by atoms with van der Waals surface area (Å²) in [5.41, 5.74) is 4.16. The van der Waals surface area contributed by atoms with Crippen LogP contribution in [0.25, 0.3) is 11.3 Å². The van der Waals surface area contributed by atoms with E-state index in [-0.39, 0.29) is 17.4 Å². The third-order valence-corrected chi connectivity index (χ3v) is 6.65. The summed E-state index contributed by atoms with van der Waals surface area (Å²) < 4.78 is 22.5. The molecule has 1 aromatic carbocycles. The van der Waals surface area contributed by atoms with Gasteiger partial charge in [0.25, 0.3) is 0 Å². The number of Topliss-reactive ketones (excluding diaryl/α,β-unsaturated/α-hetero) is 1. The van der Waals surface area contributed by atoms with E-state index in [1.807, 2.05) is 32.2 Å². The highest BCUT2D eigenvalue weighted by molar-refractivity contribution is 7.12. The quantitative estimate of drug-likeness (QED) is 0.505. The van der Waals surface area contributed by atoms with E-state index < -0.39 is 19.1 Å². The molecule has 1 fully saturated rings. The van der Waals surface area contributed by atoms with Gasteiger partial charge in [-0.25, -0.2) is 9.97 Å². The molecule has 1 aliphatic heterocycles. The zero-order valence-corrected chi connectivity index (χ0v) is 18.7. The number of amides is 1. The van der Waals surface area contributed by atoms with Crippen LogP contribution in [-0.2, 0) is 11.3 Å². The SMILES string of the molecule is [2H]C([2H])([2H])CC(=O)c1cnc(NC(=O)C2CC2)cc1Nc1cccc2c1N(C)Cc1sc(C)nc1-2. The molecule has 1 saturated carbocycles. The number of fused-ring (bicyclic) bond motifs is 3. The minimum atomic E-state index is -2.40. The summed E-state index contributed by atoms with van der Waals surface area (Å²) in [6.45, 7) is 0.288. The van der Waals surface area contributed by atoms with E-state index >= 15 is 0 Å². The molecule has 0 atom stereocenters. The van der Waals surface area contributed by atoms with E-state index in [1.54, 1.807) is 17.4 Å². The lowest BCUT2D eigenvalue weighted by Crippen LogP contribution is -2.22. The molecule has 0 spiro atoms. The molecule has 3 heterocycles. The number of thiazole rings is 1. The first kappa shape index (κ1) is 17.3. The van der Waals surface area contributed by atoms with Crippen LogP contribution in [0.3, 0.4) is 0 Å². The van der Waals surface area contributed by atoms with Crippen molar-refractivity contribution >= 4 is 45.9 Å². The monoisotopic (exact) mass is 450 g/mol. The summed E-state index contributed by atoms with van der Waals surface area (Å²) in [5.74, 6) is -0.343. The second-order valence-electron chi connectivity index (χ2n) is 8.17. The predicted molar refractivity (Wildman–Crippen MR) is 128 cm³/mol. The first-order valence-electron chi connectivity index (χ1n) is 12.0. The summed E-state index contributed by atoms with van der Waals surface area (Å²) in [6.07, 6.45) is 2.44. The number of aromatic nitrogens is 2. The number of carbonyl (C=O) groups excluding carboxylic acids is 2. The third kappa shape index (κ3) is 3.75. The Bertz CT molecular complexity index is 1330. The second kappa shape index (κ2) is 8.02. The molecule has 1 aliphatic carbocycles. The molecule has 0 saturated heterocycles. The highest BCUT2D eigenvalue weighted by Crippen LogP contribution is 2.45. The number of hydrogen-bond acceptors (Lipinski definition) is 7. The number of anilines is 4. The van der Waals surface area contributed by atoms with Crippen molar-refractivity contribution in [1.29, 1.82) is 0 Å². The van der Waals surface area contributed by atoms with Crippen LogP contribution < -0.4 is 15.5 Å². The van der Waals surface area contributed by atoms with Crippen LogP contribution in [-0.4, -0.2) is 28.7 Å². The van der Waals surface area contributed by atoms with Gasteiger partial charge < -0.3 is 15.5 Å². The molecule has 2 aliphatic rings. The van der Waals surface area contributed by atoms with Gasteiger partial charge >= 0.3 is 0 Å². The zero-order chi connectivity index (χ0) is 24.9. The van der Waals surface area contributed by atoms with Gasteiger partial charge in [-0.3, -0.25) is 9.59 Å². The number of para-hydroxylation sites is 1.